The molecular formula is C23H29N3O3. The number of nitrogens with one attached hydrogen (secondary N) is 1. The summed E-state index contributed by atoms with van der Waals surface area (Å²) in [7, 11) is 0. The number of pyridine rings is 1. The molecular weight excluding hydrogens is 366 g/mol. The van der Waals surface area contributed by atoms with Gasteiger partial charge >= 0.3 is 5.97 Å². The first-order chi connectivity index (χ1) is 14.2. The molecule has 2 aromatic rings. The number of amides is 1. The molecule has 1 aliphatic rings. The number of carbonyl (C=O) groups is 2. The van der Waals surface area contributed by atoms with E-state index in [2.05, 4.69) is 15.2 Å². The Morgan fingerprint density at radius 2 is 1.86 bits per heavy atom. The minimum absolute atomic E-state index is 0.207. The van der Waals surface area contributed by atoms with E-state index in [4.69, 9.17) is 4.74 Å². The molecule has 0 spiro atoms. The van der Waals surface area contributed by atoms with Gasteiger partial charge in [0.1, 0.15) is 0 Å². The summed E-state index contributed by atoms with van der Waals surface area (Å²) >= 11 is 0. The fraction of sp³-hybridized carbons (Fsp3) is 0.435. The zero-order chi connectivity index (χ0) is 20.5. The van der Waals surface area contributed by atoms with Crippen molar-refractivity contribution in [2.24, 2.45) is 0 Å². The van der Waals surface area contributed by atoms with Gasteiger partial charge in [-0.15, -0.1) is 0 Å². The second-order valence-corrected chi connectivity index (χ2v) is 7.31. The number of aromatic nitrogens is 1. The number of likely N-dealkylation sites (tertiary alicyclic amines) is 1. The third-order valence-corrected chi connectivity index (χ3v) is 5.12. The predicted octanol–water partition coefficient (Wildman–Crippen LogP) is 3.88. The number of hydrogen-bond acceptors (Lipinski definition) is 5. The van der Waals surface area contributed by atoms with Crippen molar-refractivity contribution in [3.8, 4) is 11.1 Å². The van der Waals surface area contributed by atoms with Gasteiger partial charge in [0.05, 0.1) is 24.4 Å². The summed E-state index contributed by atoms with van der Waals surface area (Å²) in [5.41, 5.74) is 2.00. The maximum atomic E-state index is 13.2. The second kappa shape index (κ2) is 10.7. The van der Waals surface area contributed by atoms with Crippen LogP contribution >= 0.6 is 0 Å². The number of nitrogens with zero attached hydrogens (tertiary/aromatic N) is 2. The summed E-state index contributed by atoms with van der Waals surface area (Å²) in [6.07, 6.45) is 8.31. The molecule has 0 saturated carbocycles. The van der Waals surface area contributed by atoms with Crippen LogP contribution in [0, 0.1) is 0 Å². The highest BCUT2D eigenvalue weighted by Crippen LogP contribution is 2.26. The van der Waals surface area contributed by atoms with Crippen molar-refractivity contribution in [1.82, 2.24) is 15.2 Å². The molecule has 1 N–H and O–H groups in total. The summed E-state index contributed by atoms with van der Waals surface area (Å²) in [6.45, 7) is 4.80. The summed E-state index contributed by atoms with van der Waals surface area (Å²) < 4.78 is 5.38. The zero-order valence-electron chi connectivity index (χ0n) is 17.0. The van der Waals surface area contributed by atoms with E-state index in [9.17, 15) is 9.59 Å². The molecule has 1 fully saturated rings. The minimum atomic E-state index is -0.508. The van der Waals surface area contributed by atoms with Crippen LogP contribution in [0.1, 0.15) is 59.7 Å². The van der Waals surface area contributed by atoms with Gasteiger partial charge in [0.15, 0.2) is 0 Å². The van der Waals surface area contributed by atoms with Crippen LogP contribution in [0.25, 0.3) is 11.1 Å². The lowest BCUT2D eigenvalue weighted by Crippen LogP contribution is -2.40. The predicted molar refractivity (Wildman–Crippen MR) is 113 cm³/mol. The van der Waals surface area contributed by atoms with Gasteiger partial charge in [0.2, 0.25) is 0 Å². The number of hydrogen-bond donors (Lipinski definition) is 1. The van der Waals surface area contributed by atoms with Gasteiger partial charge in [-0.05, 0) is 37.9 Å². The Morgan fingerprint density at radius 1 is 1.10 bits per heavy atom. The summed E-state index contributed by atoms with van der Waals surface area (Å²) in [5, 5.41) is 2.99. The maximum Gasteiger partial charge on any atom is 0.340 e. The van der Waals surface area contributed by atoms with Crippen LogP contribution in [0.3, 0.4) is 0 Å². The molecule has 0 bridgehead atoms. The number of rotatable bonds is 8. The Hall–Kier alpha value is -2.73. The van der Waals surface area contributed by atoms with Gasteiger partial charge in [0, 0.05) is 18.0 Å². The normalized spacial score (nSPS) is 14.4. The van der Waals surface area contributed by atoms with Crippen LogP contribution in [-0.2, 0) is 4.74 Å². The van der Waals surface area contributed by atoms with Crippen LogP contribution in [0.4, 0.5) is 0 Å². The molecule has 154 valence electrons. The van der Waals surface area contributed by atoms with E-state index < -0.39 is 5.97 Å². The molecule has 1 saturated heterocycles. The maximum absolute atomic E-state index is 13.2. The quantitative estimate of drug-likeness (QED) is 0.542. The first-order valence-corrected chi connectivity index (χ1v) is 10.4. The lowest BCUT2D eigenvalue weighted by atomic mass is 9.97. The molecule has 1 aliphatic heterocycles. The molecule has 2 heterocycles. The van der Waals surface area contributed by atoms with Gasteiger partial charge in [-0.2, -0.15) is 0 Å². The molecule has 6 nitrogen and oxygen atoms in total. The van der Waals surface area contributed by atoms with Crippen molar-refractivity contribution in [3.63, 3.8) is 0 Å². The topological polar surface area (TPSA) is 71.5 Å². The zero-order valence-corrected chi connectivity index (χ0v) is 17.0. The van der Waals surface area contributed by atoms with Crippen LogP contribution in [0.5, 0.6) is 0 Å². The summed E-state index contributed by atoms with van der Waals surface area (Å²) in [6, 6.07) is 9.53. The highest BCUT2D eigenvalue weighted by atomic mass is 16.5. The van der Waals surface area contributed by atoms with Gasteiger partial charge in [-0.25, -0.2) is 4.79 Å². The fourth-order valence-corrected chi connectivity index (χ4v) is 3.47. The van der Waals surface area contributed by atoms with E-state index in [-0.39, 0.29) is 11.5 Å². The van der Waals surface area contributed by atoms with Crippen LogP contribution in [0.2, 0.25) is 0 Å². The second-order valence-electron chi connectivity index (χ2n) is 7.31. The molecule has 29 heavy (non-hydrogen) atoms. The molecule has 1 amide bonds. The van der Waals surface area contributed by atoms with Crippen LogP contribution < -0.4 is 5.32 Å². The average molecular weight is 396 g/mol. The number of benzene rings is 1. The first-order valence-electron chi connectivity index (χ1n) is 10.4. The van der Waals surface area contributed by atoms with Crippen molar-refractivity contribution in [2.75, 3.05) is 26.4 Å². The van der Waals surface area contributed by atoms with Crippen molar-refractivity contribution in [2.45, 2.75) is 39.0 Å². The van der Waals surface area contributed by atoms with Gasteiger partial charge in [-0.1, -0.05) is 50.1 Å². The lowest BCUT2D eigenvalue weighted by molar-refractivity contribution is 0.0495. The monoisotopic (exact) mass is 395 g/mol. The minimum Gasteiger partial charge on any atom is -0.462 e. The molecule has 0 aliphatic carbocycles. The first kappa shape index (κ1) is 21.0. The van der Waals surface area contributed by atoms with E-state index in [1.807, 2.05) is 37.3 Å². The molecule has 0 radical (unpaired) electrons. The standard InChI is InChI=1S/C23H29N3O3/c1-2-3-14-29-23(28)20-16-24-15-19(18-10-6-4-7-11-18)21(20)22(27)25-17-26-12-8-5-9-13-26/h4,6-7,10-11,15-16H,2-3,5,8-9,12-14,17H2,1H3,(H,25,27). The van der Waals surface area contributed by atoms with Crippen molar-refractivity contribution >= 4 is 11.9 Å². The highest BCUT2D eigenvalue weighted by molar-refractivity contribution is 6.09. The van der Waals surface area contributed by atoms with Gasteiger partial charge in [-0.3, -0.25) is 14.7 Å². The van der Waals surface area contributed by atoms with Crippen molar-refractivity contribution < 1.29 is 14.3 Å². The number of ether oxygens (including phenoxy) is 1. The van der Waals surface area contributed by atoms with E-state index >= 15 is 0 Å². The molecule has 1 aromatic heterocycles. The number of unbranched alkanes of at least 4 members (excludes halogenated alkanes) is 1. The Kier molecular flexibility index (Phi) is 7.76. The smallest absolute Gasteiger partial charge is 0.340 e. The molecule has 0 unspecified atom stereocenters. The molecule has 3 rings (SSSR count). The fourth-order valence-electron chi connectivity index (χ4n) is 3.47. The SMILES string of the molecule is CCCCOC(=O)c1cncc(-c2ccccc2)c1C(=O)NCN1CCCCC1. The number of carbonyl (C=O) groups excluding carboxylic acids is 2. The van der Waals surface area contributed by atoms with Crippen LogP contribution in [0.15, 0.2) is 42.7 Å². The van der Waals surface area contributed by atoms with Gasteiger partial charge < -0.3 is 10.1 Å². The van der Waals surface area contributed by atoms with E-state index in [1.54, 1.807) is 6.20 Å². The number of piperidine rings is 1. The molecule has 0 atom stereocenters. The van der Waals surface area contributed by atoms with Gasteiger partial charge in [0.25, 0.3) is 5.91 Å². The van der Waals surface area contributed by atoms with Crippen molar-refractivity contribution in [1.29, 1.82) is 0 Å². The average Bonchev–Trinajstić information content (AvgIpc) is 2.78. The summed E-state index contributed by atoms with van der Waals surface area (Å²) in [5.74, 6) is -0.786. The van der Waals surface area contributed by atoms with Crippen molar-refractivity contribution in [3.05, 3.63) is 53.9 Å². The van der Waals surface area contributed by atoms with E-state index in [0.717, 1.165) is 44.3 Å². The summed E-state index contributed by atoms with van der Waals surface area (Å²) in [4.78, 5) is 32.3. The Labute approximate surface area is 172 Å². The lowest BCUT2D eigenvalue weighted by Gasteiger charge is -2.26. The Balaban J connectivity index is 1.87. The van der Waals surface area contributed by atoms with E-state index in [1.165, 1.54) is 12.6 Å². The van der Waals surface area contributed by atoms with Crippen LogP contribution in [-0.4, -0.2) is 48.1 Å². The Morgan fingerprint density at radius 3 is 2.59 bits per heavy atom. The molecule has 1 aromatic carbocycles. The van der Waals surface area contributed by atoms with E-state index in [0.29, 0.717) is 24.4 Å². The third kappa shape index (κ3) is 5.64. The third-order valence-electron chi connectivity index (χ3n) is 5.12. The highest BCUT2D eigenvalue weighted by Gasteiger charge is 2.24. The Bertz CT molecular complexity index is 817. The molecule has 6 heteroatoms. The number of esters is 1. The largest absolute Gasteiger partial charge is 0.462 e.